The van der Waals surface area contributed by atoms with Crippen LogP contribution >= 0.6 is 0 Å². The van der Waals surface area contributed by atoms with Crippen LogP contribution < -0.4 is 5.32 Å². The molecule has 14 heavy (non-hydrogen) atoms. The van der Waals surface area contributed by atoms with Gasteiger partial charge in [0.15, 0.2) is 5.92 Å². The molecule has 0 radical (unpaired) electrons. The van der Waals surface area contributed by atoms with Gasteiger partial charge in [-0.15, -0.1) is 0 Å². The molecule has 0 aromatic heterocycles. The lowest BCUT2D eigenvalue weighted by Crippen LogP contribution is -2.38. The zero-order chi connectivity index (χ0) is 11.2. The maximum absolute atomic E-state index is 12.1. The fraction of sp³-hybridized carbons (Fsp3) is 0.875. The Morgan fingerprint density at radius 1 is 1.50 bits per heavy atom. The second-order valence-electron chi connectivity index (χ2n) is 2.99. The summed E-state index contributed by atoms with van der Waals surface area (Å²) < 4.78 is 40.9. The van der Waals surface area contributed by atoms with Crippen molar-refractivity contribution < 1.29 is 17.9 Å². The predicted molar refractivity (Wildman–Crippen MR) is 44.5 cm³/mol. The van der Waals surface area contributed by atoms with Crippen LogP contribution in [0.5, 0.6) is 0 Å². The highest BCUT2D eigenvalue weighted by molar-refractivity contribution is 4.90. The van der Waals surface area contributed by atoms with E-state index in [1.807, 2.05) is 0 Å². The highest BCUT2D eigenvalue weighted by atomic mass is 19.4. The normalized spacial score (nSPS) is 16.0. The van der Waals surface area contributed by atoms with E-state index >= 15 is 0 Å². The summed E-state index contributed by atoms with van der Waals surface area (Å²) in [5.74, 6) is -1.96. The number of alkyl halides is 3. The second-order valence-corrected chi connectivity index (χ2v) is 2.99. The van der Waals surface area contributed by atoms with Crippen molar-refractivity contribution in [1.29, 1.82) is 5.26 Å². The Morgan fingerprint density at radius 2 is 2.07 bits per heavy atom. The van der Waals surface area contributed by atoms with Gasteiger partial charge in [-0.1, -0.05) is 0 Å². The first-order valence-corrected chi connectivity index (χ1v) is 4.10. The largest absolute Gasteiger partial charge is 0.405 e. The summed E-state index contributed by atoms with van der Waals surface area (Å²) in [7, 11) is 1.46. The average molecular weight is 210 g/mol. The Morgan fingerprint density at radius 3 is 2.43 bits per heavy atom. The van der Waals surface area contributed by atoms with Crippen molar-refractivity contribution in [2.24, 2.45) is 5.92 Å². The maximum Gasteiger partial charge on any atom is 0.405 e. The van der Waals surface area contributed by atoms with E-state index in [1.54, 1.807) is 6.92 Å². The number of nitrogens with one attached hydrogen (secondary N) is 1. The third kappa shape index (κ3) is 5.04. The summed E-state index contributed by atoms with van der Waals surface area (Å²) >= 11 is 0. The van der Waals surface area contributed by atoms with Gasteiger partial charge in [0.25, 0.3) is 0 Å². The first-order chi connectivity index (χ1) is 6.41. The molecule has 0 aliphatic carbocycles. The van der Waals surface area contributed by atoms with E-state index in [1.165, 1.54) is 13.2 Å². The minimum Gasteiger partial charge on any atom is -0.383 e. The molecule has 0 aromatic rings. The number of rotatable bonds is 5. The molecule has 0 heterocycles. The Bertz CT molecular complexity index is 200. The topological polar surface area (TPSA) is 45.0 Å². The molecule has 0 aromatic carbocycles. The van der Waals surface area contributed by atoms with Crippen LogP contribution in [-0.2, 0) is 4.74 Å². The highest BCUT2D eigenvalue weighted by Crippen LogP contribution is 2.24. The van der Waals surface area contributed by atoms with Gasteiger partial charge in [-0.3, -0.25) is 0 Å². The quantitative estimate of drug-likeness (QED) is 0.744. The number of halogens is 3. The first-order valence-electron chi connectivity index (χ1n) is 4.10. The van der Waals surface area contributed by atoms with Crippen LogP contribution in [0.2, 0.25) is 0 Å². The minimum atomic E-state index is -4.46. The molecule has 0 bridgehead atoms. The lowest BCUT2D eigenvalue weighted by Gasteiger charge is -2.17. The van der Waals surface area contributed by atoms with Crippen LogP contribution in [0.3, 0.4) is 0 Å². The third-order valence-electron chi connectivity index (χ3n) is 1.64. The van der Waals surface area contributed by atoms with Crippen molar-refractivity contribution in [2.45, 2.75) is 19.1 Å². The summed E-state index contributed by atoms with van der Waals surface area (Å²) in [6.07, 6.45) is -4.46. The van der Waals surface area contributed by atoms with E-state index in [9.17, 15) is 13.2 Å². The van der Waals surface area contributed by atoms with E-state index in [4.69, 9.17) is 10.00 Å². The third-order valence-corrected chi connectivity index (χ3v) is 1.64. The number of nitriles is 1. The Hall–Kier alpha value is -0.800. The zero-order valence-electron chi connectivity index (χ0n) is 8.06. The summed E-state index contributed by atoms with van der Waals surface area (Å²) in [5, 5.41) is 10.8. The Kier molecular flexibility index (Phi) is 5.50. The van der Waals surface area contributed by atoms with Crippen molar-refractivity contribution in [3.8, 4) is 6.07 Å². The molecule has 0 amide bonds. The molecule has 0 rings (SSSR count). The molecule has 1 N–H and O–H groups in total. The molecule has 82 valence electrons. The van der Waals surface area contributed by atoms with Crippen LogP contribution in [-0.4, -0.2) is 32.5 Å². The van der Waals surface area contributed by atoms with E-state index < -0.39 is 18.6 Å². The molecular formula is C8H13F3N2O. The van der Waals surface area contributed by atoms with Gasteiger partial charge in [0.1, 0.15) is 0 Å². The van der Waals surface area contributed by atoms with Gasteiger partial charge in [0, 0.05) is 19.7 Å². The SMILES string of the molecule is COCC(C)NCC(C#N)C(F)(F)F. The zero-order valence-corrected chi connectivity index (χ0v) is 8.06. The number of nitrogens with zero attached hydrogens (tertiary/aromatic N) is 1. The molecule has 2 atom stereocenters. The van der Waals surface area contributed by atoms with Crippen LogP contribution in [0.25, 0.3) is 0 Å². The molecule has 2 unspecified atom stereocenters. The van der Waals surface area contributed by atoms with Crippen LogP contribution in [0.15, 0.2) is 0 Å². The monoisotopic (exact) mass is 210 g/mol. The molecule has 0 fully saturated rings. The maximum atomic E-state index is 12.1. The van der Waals surface area contributed by atoms with Crippen LogP contribution in [0.1, 0.15) is 6.92 Å². The first kappa shape index (κ1) is 13.2. The number of hydrogen-bond acceptors (Lipinski definition) is 3. The van der Waals surface area contributed by atoms with Gasteiger partial charge in [0.2, 0.25) is 0 Å². The van der Waals surface area contributed by atoms with Crippen molar-refractivity contribution in [3.05, 3.63) is 0 Å². The molecular weight excluding hydrogens is 197 g/mol. The van der Waals surface area contributed by atoms with Gasteiger partial charge >= 0.3 is 6.18 Å². The van der Waals surface area contributed by atoms with Gasteiger partial charge in [-0.2, -0.15) is 18.4 Å². The van der Waals surface area contributed by atoms with Gasteiger partial charge in [0.05, 0.1) is 12.7 Å². The van der Waals surface area contributed by atoms with Crippen LogP contribution in [0, 0.1) is 17.2 Å². The summed E-state index contributed by atoms with van der Waals surface area (Å²) in [5.41, 5.74) is 0. The van der Waals surface area contributed by atoms with Crippen molar-refractivity contribution in [3.63, 3.8) is 0 Å². The number of methoxy groups -OCH3 is 1. The van der Waals surface area contributed by atoms with E-state index in [-0.39, 0.29) is 6.04 Å². The highest BCUT2D eigenvalue weighted by Gasteiger charge is 2.39. The van der Waals surface area contributed by atoms with E-state index in [2.05, 4.69) is 5.32 Å². The summed E-state index contributed by atoms with van der Waals surface area (Å²) in [6.45, 7) is 1.61. The average Bonchev–Trinajstić information content (AvgIpc) is 2.03. The smallest absolute Gasteiger partial charge is 0.383 e. The molecule has 0 aliphatic heterocycles. The molecule has 0 saturated carbocycles. The summed E-state index contributed by atoms with van der Waals surface area (Å²) in [6, 6.07) is 1.02. The molecule has 0 spiro atoms. The van der Waals surface area contributed by atoms with Crippen molar-refractivity contribution >= 4 is 0 Å². The van der Waals surface area contributed by atoms with Gasteiger partial charge < -0.3 is 10.1 Å². The minimum absolute atomic E-state index is 0.196. The molecule has 0 aliphatic rings. The van der Waals surface area contributed by atoms with Crippen molar-refractivity contribution in [2.75, 3.05) is 20.3 Å². The number of ether oxygens (including phenoxy) is 1. The van der Waals surface area contributed by atoms with E-state index in [0.29, 0.717) is 6.61 Å². The Labute approximate surface area is 80.8 Å². The predicted octanol–water partition coefficient (Wildman–Crippen LogP) is 1.31. The lowest BCUT2D eigenvalue weighted by atomic mass is 10.1. The molecule has 3 nitrogen and oxygen atoms in total. The molecule has 6 heteroatoms. The lowest BCUT2D eigenvalue weighted by molar-refractivity contribution is -0.158. The van der Waals surface area contributed by atoms with Gasteiger partial charge in [-0.05, 0) is 6.92 Å². The standard InChI is InChI=1S/C8H13F3N2O/c1-6(5-14-2)13-4-7(3-12)8(9,10)11/h6-7,13H,4-5H2,1-2H3. The summed E-state index contributed by atoms with van der Waals surface area (Å²) in [4.78, 5) is 0. The van der Waals surface area contributed by atoms with Gasteiger partial charge in [-0.25, -0.2) is 0 Å². The fourth-order valence-corrected chi connectivity index (χ4v) is 0.863. The number of hydrogen-bond donors (Lipinski definition) is 1. The second kappa shape index (κ2) is 5.83. The van der Waals surface area contributed by atoms with E-state index in [0.717, 1.165) is 0 Å². The molecule has 0 saturated heterocycles. The fourth-order valence-electron chi connectivity index (χ4n) is 0.863. The van der Waals surface area contributed by atoms with Crippen molar-refractivity contribution in [1.82, 2.24) is 5.32 Å². The Balaban J connectivity index is 3.92. The van der Waals surface area contributed by atoms with Crippen LogP contribution in [0.4, 0.5) is 13.2 Å².